The van der Waals surface area contributed by atoms with Crippen LogP contribution in [0.5, 0.6) is 5.75 Å². The second-order valence-corrected chi connectivity index (χ2v) is 4.13. The number of aryl methyl sites for hydroxylation is 1. The molecule has 7 heteroatoms. The van der Waals surface area contributed by atoms with E-state index in [0.717, 1.165) is 0 Å². The van der Waals surface area contributed by atoms with Gasteiger partial charge in [-0.25, -0.2) is 4.98 Å². The van der Waals surface area contributed by atoms with Crippen molar-refractivity contribution in [2.45, 2.75) is 13.0 Å². The molecule has 0 radical (unpaired) electrons. The zero-order valence-corrected chi connectivity index (χ0v) is 11.2. The van der Waals surface area contributed by atoms with Gasteiger partial charge in [-0.15, -0.1) is 0 Å². The molecule has 2 N–H and O–H groups in total. The molecule has 0 bridgehead atoms. The highest BCUT2D eigenvalue weighted by Crippen LogP contribution is 2.13. The van der Waals surface area contributed by atoms with Gasteiger partial charge in [0.1, 0.15) is 12.1 Å². The summed E-state index contributed by atoms with van der Waals surface area (Å²) in [5.74, 6) is 0.918. The summed E-state index contributed by atoms with van der Waals surface area (Å²) in [6.07, 6.45) is 1.58. The fraction of sp³-hybridized carbons (Fsp3) is 0.308. The predicted octanol–water partition coefficient (Wildman–Crippen LogP) is 0.910. The minimum atomic E-state index is -0.344. The minimum Gasteiger partial charge on any atom is -0.493 e. The number of nitrogens with two attached hydrogens (primary N) is 1. The van der Waals surface area contributed by atoms with Gasteiger partial charge in [-0.3, -0.25) is 9.48 Å². The first-order valence-electron chi connectivity index (χ1n) is 6.12. The molecule has 1 aromatic carbocycles. The number of nitrogen functional groups attached to an aromatic ring is 1. The van der Waals surface area contributed by atoms with E-state index in [1.54, 1.807) is 36.0 Å². The Morgan fingerprint density at radius 2 is 2.10 bits per heavy atom. The van der Waals surface area contributed by atoms with Crippen molar-refractivity contribution in [2.75, 3.05) is 12.3 Å². The average molecular weight is 276 g/mol. The zero-order chi connectivity index (χ0) is 14.4. The van der Waals surface area contributed by atoms with Gasteiger partial charge in [0.15, 0.2) is 12.4 Å². The smallest absolute Gasteiger partial charge is 0.309 e. The Kier molecular flexibility index (Phi) is 4.54. The molecule has 0 spiro atoms. The normalized spacial score (nSPS) is 10.2. The highest BCUT2D eigenvalue weighted by atomic mass is 16.5. The summed E-state index contributed by atoms with van der Waals surface area (Å²) in [4.78, 5) is 15.5. The standard InChI is InChI=1S/C13H16N4O3/c1-17-12(15-9-16-17)8-20-13(18)6-7-19-11-4-2-10(14)3-5-11/h2-5,9H,6-8,14H2,1H3. The van der Waals surface area contributed by atoms with Crippen LogP contribution in [0.3, 0.4) is 0 Å². The monoisotopic (exact) mass is 276 g/mol. The molecule has 0 unspecified atom stereocenters. The summed E-state index contributed by atoms with van der Waals surface area (Å²) in [7, 11) is 1.74. The molecule has 0 amide bonds. The number of esters is 1. The van der Waals surface area contributed by atoms with Crippen LogP contribution >= 0.6 is 0 Å². The number of carbonyl (C=O) groups excluding carboxylic acids is 1. The Morgan fingerprint density at radius 3 is 2.75 bits per heavy atom. The van der Waals surface area contributed by atoms with Crippen molar-refractivity contribution in [1.29, 1.82) is 0 Å². The molecule has 0 saturated carbocycles. The molecular weight excluding hydrogens is 260 g/mol. The van der Waals surface area contributed by atoms with Gasteiger partial charge < -0.3 is 15.2 Å². The van der Waals surface area contributed by atoms with Crippen LogP contribution < -0.4 is 10.5 Å². The quantitative estimate of drug-likeness (QED) is 0.622. The van der Waals surface area contributed by atoms with E-state index in [1.165, 1.54) is 6.33 Å². The number of benzene rings is 1. The van der Waals surface area contributed by atoms with Crippen molar-refractivity contribution in [3.63, 3.8) is 0 Å². The lowest BCUT2D eigenvalue weighted by Gasteiger charge is -2.07. The number of carbonyl (C=O) groups is 1. The van der Waals surface area contributed by atoms with Crippen LogP contribution in [0.15, 0.2) is 30.6 Å². The van der Waals surface area contributed by atoms with E-state index >= 15 is 0 Å². The van der Waals surface area contributed by atoms with Gasteiger partial charge in [-0.05, 0) is 24.3 Å². The molecule has 0 aliphatic carbocycles. The third kappa shape index (κ3) is 3.98. The first-order valence-corrected chi connectivity index (χ1v) is 6.12. The summed E-state index contributed by atoms with van der Waals surface area (Å²) >= 11 is 0. The maximum Gasteiger partial charge on any atom is 0.309 e. The van der Waals surface area contributed by atoms with Gasteiger partial charge in [-0.1, -0.05) is 0 Å². The highest BCUT2D eigenvalue weighted by Gasteiger charge is 2.07. The topological polar surface area (TPSA) is 92.3 Å². The maximum absolute atomic E-state index is 11.5. The van der Waals surface area contributed by atoms with Crippen LogP contribution in [0.4, 0.5) is 5.69 Å². The molecule has 0 aliphatic rings. The lowest BCUT2D eigenvalue weighted by molar-refractivity contribution is -0.145. The van der Waals surface area contributed by atoms with Crippen molar-refractivity contribution in [3.05, 3.63) is 36.4 Å². The SMILES string of the molecule is Cn1ncnc1COC(=O)CCOc1ccc(N)cc1. The minimum absolute atomic E-state index is 0.108. The van der Waals surface area contributed by atoms with Crippen LogP contribution in [0.1, 0.15) is 12.2 Å². The number of hydrogen-bond donors (Lipinski definition) is 1. The number of ether oxygens (including phenoxy) is 2. The molecule has 2 aromatic rings. The summed E-state index contributed by atoms with van der Waals surface area (Å²) in [5.41, 5.74) is 6.23. The fourth-order valence-electron chi connectivity index (χ4n) is 1.48. The van der Waals surface area contributed by atoms with Crippen molar-refractivity contribution < 1.29 is 14.3 Å². The second-order valence-electron chi connectivity index (χ2n) is 4.13. The number of hydrogen-bond acceptors (Lipinski definition) is 6. The molecule has 1 heterocycles. The van der Waals surface area contributed by atoms with Crippen molar-refractivity contribution in [1.82, 2.24) is 14.8 Å². The number of rotatable bonds is 6. The van der Waals surface area contributed by atoms with Crippen LogP contribution in [-0.2, 0) is 23.2 Å². The molecule has 0 fully saturated rings. The van der Waals surface area contributed by atoms with Gasteiger partial charge in [0.2, 0.25) is 0 Å². The largest absolute Gasteiger partial charge is 0.493 e. The van der Waals surface area contributed by atoms with Gasteiger partial charge in [0, 0.05) is 12.7 Å². The van der Waals surface area contributed by atoms with E-state index in [1.807, 2.05) is 0 Å². The van der Waals surface area contributed by atoms with Crippen LogP contribution in [0.2, 0.25) is 0 Å². The Balaban J connectivity index is 1.68. The summed E-state index contributed by atoms with van der Waals surface area (Å²) < 4.78 is 12.0. The molecule has 20 heavy (non-hydrogen) atoms. The first-order chi connectivity index (χ1) is 9.65. The zero-order valence-electron chi connectivity index (χ0n) is 11.2. The summed E-state index contributed by atoms with van der Waals surface area (Å²) in [5, 5.41) is 3.88. The van der Waals surface area contributed by atoms with Gasteiger partial charge in [0.05, 0.1) is 13.0 Å². The van der Waals surface area contributed by atoms with Gasteiger partial charge >= 0.3 is 5.97 Å². The molecule has 106 valence electrons. The van der Waals surface area contributed by atoms with Crippen molar-refractivity contribution >= 4 is 11.7 Å². The highest BCUT2D eigenvalue weighted by molar-refractivity contribution is 5.69. The van der Waals surface area contributed by atoms with E-state index in [-0.39, 0.29) is 25.6 Å². The third-order valence-electron chi connectivity index (χ3n) is 2.62. The van der Waals surface area contributed by atoms with E-state index in [0.29, 0.717) is 17.3 Å². The average Bonchev–Trinajstić information content (AvgIpc) is 2.84. The Bertz CT molecular complexity index is 565. The van der Waals surface area contributed by atoms with Crippen molar-refractivity contribution in [2.24, 2.45) is 7.05 Å². The molecule has 2 rings (SSSR count). The van der Waals surface area contributed by atoms with E-state index in [9.17, 15) is 4.79 Å². The molecule has 0 aliphatic heterocycles. The number of nitrogens with zero attached hydrogens (tertiary/aromatic N) is 3. The molecule has 0 atom stereocenters. The fourth-order valence-corrected chi connectivity index (χ4v) is 1.48. The van der Waals surface area contributed by atoms with Crippen LogP contribution in [0.25, 0.3) is 0 Å². The predicted molar refractivity (Wildman–Crippen MR) is 71.8 cm³/mol. The third-order valence-corrected chi connectivity index (χ3v) is 2.62. The molecule has 0 saturated heterocycles. The Morgan fingerprint density at radius 1 is 1.35 bits per heavy atom. The van der Waals surface area contributed by atoms with E-state index < -0.39 is 0 Å². The molecule has 7 nitrogen and oxygen atoms in total. The van der Waals surface area contributed by atoms with Crippen molar-refractivity contribution in [3.8, 4) is 5.75 Å². The lowest BCUT2D eigenvalue weighted by atomic mass is 10.3. The van der Waals surface area contributed by atoms with Crippen LogP contribution in [0, 0.1) is 0 Å². The lowest BCUT2D eigenvalue weighted by Crippen LogP contribution is -2.12. The van der Waals surface area contributed by atoms with Gasteiger partial charge in [0.25, 0.3) is 0 Å². The first kappa shape index (κ1) is 13.9. The summed E-state index contributed by atoms with van der Waals surface area (Å²) in [6.45, 7) is 0.360. The van der Waals surface area contributed by atoms with E-state index in [2.05, 4.69) is 10.1 Å². The Hall–Kier alpha value is -2.57. The molecular formula is C13H16N4O3. The van der Waals surface area contributed by atoms with E-state index in [4.69, 9.17) is 15.2 Å². The summed E-state index contributed by atoms with van der Waals surface area (Å²) in [6, 6.07) is 6.98. The number of anilines is 1. The molecule has 1 aromatic heterocycles. The number of aromatic nitrogens is 3. The van der Waals surface area contributed by atoms with Crippen LogP contribution in [-0.4, -0.2) is 27.3 Å². The Labute approximate surface area is 116 Å². The maximum atomic E-state index is 11.5. The van der Waals surface area contributed by atoms with Gasteiger partial charge in [-0.2, -0.15) is 5.10 Å². The second kappa shape index (κ2) is 6.55.